The molecule has 0 aliphatic carbocycles. The van der Waals surface area contributed by atoms with Crippen LogP contribution in [0.2, 0.25) is 0 Å². The summed E-state index contributed by atoms with van der Waals surface area (Å²) in [7, 11) is -2.62. The predicted molar refractivity (Wildman–Crippen MR) is 199 cm³/mol. The van der Waals surface area contributed by atoms with Crippen molar-refractivity contribution in [1.29, 1.82) is 0 Å². The number of hydrogen-bond donors (Lipinski definition) is 1. The van der Waals surface area contributed by atoms with Crippen LogP contribution in [0, 0.1) is 0 Å². The lowest BCUT2D eigenvalue weighted by Gasteiger charge is -2.36. The first kappa shape index (κ1) is 37.2. The molecular formula is C42H62O2P+. The molecule has 3 aromatic rings. The van der Waals surface area contributed by atoms with Gasteiger partial charge in [0, 0.05) is 5.56 Å². The molecule has 0 aliphatic rings. The van der Waals surface area contributed by atoms with Crippen LogP contribution in [0.15, 0.2) is 42.5 Å². The predicted octanol–water partition coefficient (Wildman–Crippen LogP) is 12.2. The lowest BCUT2D eigenvalue weighted by Crippen LogP contribution is -2.25. The van der Waals surface area contributed by atoms with E-state index in [-0.39, 0.29) is 32.5 Å². The zero-order valence-corrected chi connectivity index (χ0v) is 32.7. The topological polar surface area (TPSA) is 37.3 Å². The van der Waals surface area contributed by atoms with Gasteiger partial charge < -0.3 is 0 Å². The van der Waals surface area contributed by atoms with Crippen molar-refractivity contribution in [2.24, 2.45) is 0 Å². The van der Waals surface area contributed by atoms with Gasteiger partial charge in [-0.15, -0.1) is 0 Å². The molecule has 1 atom stereocenters. The van der Waals surface area contributed by atoms with Gasteiger partial charge in [0.05, 0.1) is 0 Å². The summed E-state index contributed by atoms with van der Waals surface area (Å²) in [5, 5.41) is 0.502. The first-order valence-electron chi connectivity index (χ1n) is 16.7. The molecule has 0 fully saturated rings. The fourth-order valence-electron chi connectivity index (χ4n) is 6.25. The van der Waals surface area contributed by atoms with E-state index in [0.29, 0.717) is 5.30 Å². The van der Waals surface area contributed by atoms with Crippen LogP contribution in [0.4, 0.5) is 0 Å². The van der Waals surface area contributed by atoms with E-state index in [9.17, 15) is 9.46 Å². The second-order valence-electron chi connectivity index (χ2n) is 19.4. The van der Waals surface area contributed by atoms with E-state index in [1.54, 1.807) is 0 Å². The van der Waals surface area contributed by atoms with Crippen molar-refractivity contribution in [2.45, 2.75) is 157 Å². The molecule has 0 aliphatic heterocycles. The highest BCUT2D eigenvalue weighted by Crippen LogP contribution is 2.50. The van der Waals surface area contributed by atoms with E-state index in [4.69, 9.17) is 0 Å². The van der Waals surface area contributed by atoms with Crippen LogP contribution in [0.1, 0.15) is 158 Å². The Kier molecular flexibility index (Phi) is 9.71. The van der Waals surface area contributed by atoms with Gasteiger partial charge in [0.15, 0.2) is 0 Å². The monoisotopic (exact) mass is 629 g/mol. The zero-order valence-electron chi connectivity index (χ0n) is 31.8. The molecule has 3 aromatic carbocycles. The van der Waals surface area contributed by atoms with Gasteiger partial charge >= 0.3 is 8.03 Å². The van der Waals surface area contributed by atoms with Crippen molar-refractivity contribution >= 4 is 13.3 Å². The van der Waals surface area contributed by atoms with Crippen molar-refractivity contribution in [3.05, 3.63) is 75.8 Å². The zero-order chi connectivity index (χ0) is 34.9. The van der Waals surface area contributed by atoms with Crippen LogP contribution in [-0.2, 0) is 37.1 Å². The Balaban J connectivity index is 2.83. The maximum Gasteiger partial charge on any atom is 0.546 e. The van der Waals surface area contributed by atoms with Gasteiger partial charge in [-0.2, -0.15) is 4.89 Å². The lowest BCUT2D eigenvalue weighted by atomic mass is 9.68. The third kappa shape index (κ3) is 7.82. The Hall–Kier alpha value is -2.28. The molecule has 1 N–H and O–H groups in total. The molecule has 0 aromatic heterocycles. The van der Waals surface area contributed by atoms with Gasteiger partial charge in [0.2, 0.25) is 5.30 Å². The van der Waals surface area contributed by atoms with Crippen molar-refractivity contribution in [3.63, 3.8) is 0 Å². The fourth-order valence-corrected chi connectivity index (χ4v) is 6.88. The molecule has 1 unspecified atom stereocenters. The summed E-state index contributed by atoms with van der Waals surface area (Å²) in [6.45, 7) is 41.0. The van der Waals surface area contributed by atoms with Gasteiger partial charge in [0.25, 0.3) is 0 Å². The SMILES string of the molecule is CC(C)(C)c1cc(C(C)(C)C)c(-c2cccc([P+](=O)O)c2-c2c(C(C)(C)C)cc(C(C)(C)C)cc2C(C)(C)C)c(C(C)(C)C)c1. The van der Waals surface area contributed by atoms with Gasteiger partial charge in [-0.05, 0) is 93.2 Å². The summed E-state index contributed by atoms with van der Waals surface area (Å²) in [5.41, 5.74) is 11.0. The van der Waals surface area contributed by atoms with Crippen LogP contribution in [0.3, 0.4) is 0 Å². The first-order valence-corrected chi connectivity index (χ1v) is 17.9. The summed E-state index contributed by atoms with van der Waals surface area (Å²) in [6, 6.07) is 15.6. The van der Waals surface area contributed by atoms with Crippen molar-refractivity contribution < 1.29 is 9.46 Å². The number of benzene rings is 3. The molecule has 0 saturated carbocycles. The summed E-state index contributed by atoms with van der Waals surface area (Å²) in [4.78, 5) is 11.0. The lowest BCUT2D eigenvalue weighted by molar-refractivity contribution is 0.513. The average Bonchev–Trinajstić information content (AvgIpc) is 2.83. The minimum absolute atomic E-state index is 0.0285. The van der Waals surface area contributed by atoms with E-state index in [1.165, 1.54) is 38.9 Å². The minimum atomic E-state index is -2.62. The third-order valence-corrected chi connectivity index (χ3v) is 9.79. The quantitative estimate of drug-likeness (QED) is 0.293. The molecule has 3 heteroatoms. The summed E-state index contributed by atoms with van der Waals surface area (Å²) in [6.07, 6.45) is 0. The molecule has 0 amide bonds. The van der Waals surface area contributed by atoms with Crippen molar-refractivity contribution in [3.8, 4) is 22.3 Å². The van der Waals surface area contributed by atoms with Crippen LogP contribution in [0.5, 0.6) is 0 Å². The van der Waals surface area contributed by atoms with E-state index in [2.05, 4.69) is 155 Å². The fraction of sp³-hybridized carbons (Fsp3) is 0.571. The normalized spacial score (nSPS) is 14.2. The van der Waals surface area contributed by atoms with Gasteiger partial charge in [-0.25, -0.2) is 0 Å². The molecule has 246 valence electrons. The highest BCUT2D eigenvalue weighted by molar-refractivity contribution is 7.47. The smallest absolute Gasteiger partial charge is 0.156 e. The summed E-state index contributed by atoms with van der Waals surface area (Å²) >= 11 is 0. The highest BCUT2D eigenvalue weighted by atomic mass is 31.1. The second kappa shape index (κ2) is 11.8. The summed E-state index contributed by atoms with van der Waals surface area (Å²) in [5.74, 6) is 0. The molecule has 0 bridgehead atoms. The maximum atomic E-state index is 13.4. The van der Waals surface area contributed by atoms with Gasteiger partial charge in [0.1, 0.15) is 0 Å². The third-order valence-electron chi connectivity index (χ3n) is 9.01. The molecule has 2 nitrogen and oxygen atoms in total. The van der Waals surface area contributed by atoms with E-state index >= 15 is 0 Å². The Morgan fingerprint density at radius 1 is 0.444 bits per heavy atom. The van der Waals surface area contributed by atoms with E-state index in [1.807, 2.05) is 12.1 Å². The number of hydrogen-bond acceptors (Lipinski definition) is 1. The van der Waals surface area contributed by atoms with E-state index < -0.39 is 8.03 Å². The minimum Gasteiger partial charge on any atom is -0.156 e. The average molecular weight is 630 g/mol. The molecule has 0 radical (unpaired) electrons. The molecule has 0 saturated heterocycles. The van der Waals surface area contributed by atoms with Gasteiger partial charge in [-0.3, -0.25) is 0 Å². The largest absolute Gasteiger partial charge is 0.546 e. The second-order valence-corrected chi connectivity index (χ2v) is 20.4. The molecule has 0 spiro atoms. The molecule has 0 heterocycles. The van der Waals surface area contributed by atoms with Crippen LogP contribution < -0.4 is 5.30 Å². The van der Waals surface area contributed by atoms with Gasteiger partial charge in [-0.1, -0.05) is 161 Å². The number of rotatable bonds is 3. The Bertz CT molecular complexity index is 1530. The standard InChI is InChI=1S/C42H61O2P/c1-37(2,3)26-22-29(39(7,8)9)34(30(23-26)40(10,11)12)28-20-19-21-33(45(43)44)35(28)36-31(41(13,14)15)24-27(38(4,5)6)25-32(36)42(16,17)18/h19-25H,1-18H3/p+1. The van der Waals surface area contributed by atoms with E-state index in [0.717, 1.165) is 16.7 Å². The van der Waals surface area contributed by atoms with Crippen molar-refractivity contribution in [2.75, 3.05) is 0 Å². The van der Waals surface area contributed by atoms with Crippen LogP contribution >= 0.6 is 8.03 Å². The Morgan fingerprint density at radius 2 is 0.756 bits per heavy atom. The Labute approximate surface area is 277 Å². The maximum absolute atomic E-state index is 13.4. The van der Waals surface area contributed by atoms with Crippen LogP contribution in [-0.4, -0.2) is 4.89 Å². The Morgan fingerprint density at radius 3 is 1.02 bits per heavy atom. The highest BCUT2D eigenvalue weighted by Gasteiger charge is 2.38. The first-order chi connectivity index (χ1) is 20.0. The molecular weight excluding hydrogens is 567 g/mol. The molecule has 3 rings (SSSR count). The summed E-state index contributed by atoms with van der Waals surface area (Å²) < 4.78 is 13.4. The molecule has 45 heavy (non-hydrogen) atoms. The van der Waals surface area contributed by atoms with Crippen molar-refractivity contribution in [1.82, 2.24) is 0 Å². The van der Waals surface area contributed by atoms with Crippen LogP contribution in [0.25, 0.3) is 22.3 Å².